The van der Waals surface area contributed by atoms with E-state index >= 15 is 0 Å². The van der Waals surface area contributed by atoms with Crippen LogP contribution in [0.5, 0.6) is 0 Å². The standard InChI is InChI=1S/C34H68N24O6/c35-9-15-47-25(59)17(5-1-11-49-31(39)40)53-27(61)19(7-3-13-51-33(43)44)55-29(63)21-23(37)58-22(24(38)57-21)30(64)56-20(8-4-14-52-34(45)46)28(62)54-18(26(60)48-16-10-36)6-2-12-50-32(41)42/h17-20,31,49H,1-16,35-36,39-40H2,(H2,38,57)(H2,37,58)(H,47,59)(H,48,60)(H,53,61)(H,54,62)(H,55,63)(H,56,64)(H4,41,42,50)(H4,43,44,51)(H4,45,46,52)/t17?,18?,19-,20?/m0/s1. The lowest BCUT2D eigenvalue weighted by atomic mass is 10.1. The molecule has 64 heavy (non-hydrogen) atoms. The fourth-order valence-corrected chi connectivity index (χ4v) is 5.59. The molecule has 0 bridgehead atoms. The first-order valence-corrected chi connectivity index (χ1v) is 20.3. The molecule has 0 radical (unpaired) electrons. The quantitative estimate of drug-likeness (QED) is 0.0142. The van der Waals surface area contributed by atoms with Crippen LogP contribution < -0.4 is 106 Å². The highest BCUT2D eigenvalue weighted by atomic mass is 16.2. The lowest BCUT2D eigenvalue weighted by Crippen LogP contribution is -2.54. The Balaban J connectivity index is 3.41. The van der Waals surface area contributed by atoms with Crippen LogP contribution in [0.3, 0.4) is 0 Å². The molecule has 30 nitrogen and oxygen atoms in total. The van der Waals surface area contributed by atoms with Gasteiger partial charge in [0.25, 0.3) is 11.8 Å². The van der Waals surface area contributed by atoms with Crippen LogP contribution in [-0.2, 0) is 19.2 Å². The van der Waals surface area contributed by atoms with Crippen molar-refractivity contribution < 1.29 is 28.8 Å². The fraction of sp³-hybridized carbons (Fsp3) is 0.618. The lowest BCUT2D eigenvalue weighted by molar-refractivity contribution is -0.130. The molecule has 0 saturated heterocycles. The topological polar surface area (TPSA) is 562 Å². The number of carbonyl (C=O) groups excluding carboxylic acids is 6. The summed E-state index contributed by atoms with van der Waals surface area (Å²) in [6.45, 7) is 1.18. The highest BCUT2D eigenvalue weighted by Gasteiger charge is 2.31. The van der Waals surface area contributed by atoms with Gasteiger partial charge in [-0.25, -0.2) is 9.97 Å². The van der Waals surface area contributed by atoms with E-state index in [1.807, 2.05) is 0 Å². The minimum atomic E-state index is -1.32. The maximum atomic E-state index is 13.7. The average molecular weight is 909 g/mol. The Labute approximate surface area is 369 Å². The van der Waals surface area contributed by atoms with Crippen molar-refractivity contribution in [2.24, 2.45) is 72.3 Å². The SMILES string of the molecule is NCCNC(=O)C(CCCN=C(N)N)NC(=O)C(CCCN=C(N)N)NC(=O)c1nc(N)c(C(=O)N[C@@H](CCCN=C(N)N)C(=O)NC(CCCNC(N)N)C(=O)NCCN)nc1N. The fourth-order valence-electron chi connectivity index (χ4n) is 5.59. The summed E-state index contributed by atoms with van der Waals surface area (Å²) in [7, 11) is 0. The Kier molecular flexibility index (Phi) is 26.0. The predicted octanol–water partition coefficient (Wildman–Crippen LogP) is -9.31. The molecule has 31 N–H and O–H groups in total. The molecule has 0 spiro atoms. The minimum Gasteiger partial charge on any atom is -0.382 e. The molecule has 0 aliphatic heterocycles. The molecule has 1 rings (SSSR count). The second kappa shape index (κ2) is 30.2. The average Bonchev–Trinajstić information content (AvgIpc) is 3.23. The number of amides is 6. The van der Waals surface area contributed by atoms with E-state index in [4.69, 9.17) is 68.8 Å². The number of nitrogens with one attached hydrogen (secondary N) is 7. The second-order valence-corrected chi connectivity index (χ2v) is 14.0. The normalized spacial score (nSPS) is 12.6. The summed E-state index contributed by atoms with van der Waals surface area (Å²) in [4.78, 5) is 100. The van der Waals surface area contributed by atoms with Crippen LogP contribution in [-0.4, -0.2) is 146 Å². The van der Waals surface area contributed by atoms with Gasteiger partial charge >= 0.3 is 0 Å². The molecule has 1 aromatic heterocycles. The number of nitrogens with zero attached hydrogens (tertiary/aromatic N) is 5. The molecule has 0 saturated carbocycles. The number of nitrogens with two attached hydrogens (primary N) is 12. The molecule has 360 valence electrons. The molecule has 6 amide bonds. The Hall–Kier alpha value is -6.89. The Morgan fingerprint density at radius 3 is 1.12 bits per heavy atom. The Morgan fingerprint density at radius 1 is 0.484 bits per heavy atom. The molecular weight excluding hydrogens is 841 g/mol. The summed E-state index contributed by atoms with van der Waals surface area (Å²) >= 11 is 0. The van der Waals surface area contributed by atoms with Gasteiger partial charge in [-0.05, 0) is 57.9 Å². The molecule has 4 atom stereocenters. The molecule has 0 aliphatic rings. The smallest absolute Gasteiger partial charge is 0.274 e. The highest BCUT2D eigenvalue weighted by molar-refractivity contribution is 6.03. The lowest BCUT2D eigenvalue weighted by Gasteiger charge is -2.24. The summed E-state index contributed by atoms with van der Waals surface area (Å²) in [5.41, 5.74) is 65.8. The number of aromatic nitrogens is 2. The van der Waals surface area contributed by atoms with Gasteiger partial charge in [0, 0.05) is 45.8 Å². The van der Waals surface area contributed by atoms with Crippen LogP contribution in [0, 0.1) is 0 Å². The van der Waals surface area contributed by atoms with Crippen molar-refractivity contribution in [2.75, 3.05) is 63.8 Å². The van der Waals surface area contributed by atoms with E-state index in [-0.39, 0.29) is 102 Å². The number of nitrogen functional groups attached to an aromatic ring is 2. The summed E-state index contributed by atoms with van der Waals surface area (Å²) in [5.74, 6) is -6.36. The largest absolute Gasteiger partial charge is 0.382 e. The molecule has 30 heteroatoms. The monoisotopic (exact) mass is 909 g/mol. The van der Waals surface area contributed by atoms with Crippen LogP contribution in [0.4, 0.5) is 11.6 Å². The molecule has 1 heterocycles. The van der Waals surface area contributed by atoms with E-state index in [1.165, 1.54) is 0 Å². The number of carbonyl (C=O) groups is 6. The summed E-state index contributed by atoms with van der Waals surface area (Å²) in [5, 5.41) is 18.3. The molecule has 0 fully saturated rings. The third kappa shape index (κ3) is 22.3. The van der Waals surface area contributed by atoms with Crippen molar-refractivity contribution >= 4 is 65.0 Å². The number of hydrogen-bond acceptors (Lipinski definition) is 18. The van der Waals surface area contributed by atoms with Crippen molar-refractivity contribution in [3.63, 3.8) is 0 Å². The maximum absolute atomic E-state index is 13.7. The van der Waals surface area contributed by atoms with Crippen molar-refractivity contribution in [1.82, 2.24) is 47.2 Å². The van der Waals surface area contributed by atoms with E-state index in [0.717, 1.165) is 0 Å². The number of hydrogen-bond donors (Lipinski definition) is 19. The van der Waals surface area contributed by atoms with Gasteiger partial charge in [-0.3, -0.25) is 49.1 Å². The van der Waals surface area contributed by atoms with E-state index in [9.17, 15) is 28.8 Å². The van der Waals surface area contributed by atoms with E-state index < -0.39 is 88.9 Å². The summed E-state index contributed by atoms with van der Waals surface area (Å²) in [6.07, 6.45) is 0.445. The van der Waals surface area contributed by atoms with Crippen LogP contribution >= 0.6 is 0 Å². The zero-order valence-corrected chi connectivity index (χ0v) is 35.8. The van der Waals surface area contributed by atoms with Gasteiger partial charge in [-0.15, -0.1) is 0 Å². The zero-order valence-electron chi connectivity index (χ0n) is 35.8. The van der Waals surface area contributed by atoms with Gasteiger partial charge in [0.15, 0.2) is 40.9 Å². The third-order valence-corrected chi connectivity index (χ3v) is 8.66. The first-order chi connectivity index (χ1) is 30.3. The third-order valence-electron chi connectivity index (χ3n) is 8.66. The zero-order chi connectivity index (χ0) is 48.2. The molecule has 3 unspecified atom stereocenters. The molecule has 0 aliphatic carbocycles. The van der Waals surface area contributed by atoms with Gasteiger partial charge in [0.1, 0.15) is 30.5 Å². The van der Waals surface area contributed by atoms with Crippen molar-refractivity contribution in [3.8, 4) is 0 Å². The van der Waals surface area contributed by atoms with Crippen LogP contribution in [0.1, 0.15) is 72.3 Å². The van der Waals surface area contributed by atoms with Crippen LogP contribution in [0.15, 0.2) is 15.0 Å². The van der Waals surface area contributed by atoms with Gasteiger partial charge < -0.3 is 101 Å². The van der Waals surface area contributed by atoms with Crippen LogP contribution in [0.25, 0.3) is 0 Å². The molecular formula is C34H68N24O6. The van der Waals surface area contributed by atoms with Gasteiger partial charge in [-0.2, -0.15) is 0 Å². The van der Waals surface area contributed by atoms with Crippen LogP contribution in [0.2, 0.25) is 0 Å². The minimum absolute atomic E-state index is 0.0309. The summed E-state index contributed by atoms with van der Waals surface area (Å²) < 4.78 is 0. The Morgan fingerprint density at radius 2 is 0.812 bits per heavy atom. The number of rotatable bonds is 31. The number of guanidine groups is 3. The van der Waals surface area contributed by atoms with Crippen molar-refractivity contribution in [2.45, 2.75) is 81.8 Å². The van der Waals surface area contributed by atoms with Gasteiger partial charge in [0.2, 0.25) is 23.6 Å². The van der Waals surface area contributed by atoms with E-state index in [1.54, 1.807) is 0 Å². The molecule has 0 aromatic carbocycles. The maximum Gasteiger partial charge on any atom is 0.274 e. The van der Waals surface area contributed by atoms with Gasteiger partial charge in [0.05, 0.1) is 0 Å². The van der Waals surface area contributed by atoms with E-state index in [0.29, 0.717) is 19.4 Å². The second-order valence-electron chi connectivity index (χ2n) is 14.0. The van der Waals surface area contributed by atoms with E-state index in [2.05, 4.69) is 62.2 Å². The molecule has 1 aromatic rings. The van der Waals surface area contributed by atoms with Crippen molar-refractivity contribution in [1.29, 1.82) is 0 Å². The highest BCUT2D eigenvalue weighted by Crippen LogP contribution is 2.15. The number of aliphatic imine (C=N–C) groups is 3. The van der Waals surface area contributed by atoms with Crippen molar-refractivity contribution in [3.05, 3.63) is 11.4 Å². The summed E-state index contributed by atoms with van der Waals surface area (Å²) in [6, 6.07) is -4.77. The number of anilines is 2. The van der Waals surface area contributed by atoms with Gasteiger partial charge in [-0.1, -0.05) is 0 Å². The first kappa shape index (κ1) is 55.1. The Bertz CT molecular complexity index is 1760. The predicted molar refractivity (Wildman–Crippen MR) is 240 cm³/mol. The first-order valence-electron chi connectivity index (χ1n) is 20.3.